The minimum absolute atomic E-state index is 0.150. The zero-order chi connectivity index (χ0) is 7.56. The summed E-state index contributed by atoms with van der Waals surface area (Å²) in [7, 11) is 0. The van der Waals surface area contributed by atoms with Gasteiger partial charge in [0, 0.05) is 6.20 Å². The Kier molecular flexibility index (Phi) is 1.68. The molecular formula is C5H6FN3O. The van der Waals surface area contributed by atoms with Gasteiger partial charge in [0.1, 0.15) is 5.69 Å². The van der Waals surface area contributed by atoms with Gasteiger partial charge >= 0.3 is 0 Å². The zero-order valence-corrected chi connectivity index (χ0v) is 5.02. The topological polar surface area (TPSA) is 70.9 Å². The van der Waals surface area contributed by atoms with Crippen molar-refractivity contribution in [3.63, 3.8) is 0 Å². The lowest BCUT2D eigenvalue weighted by Gasteiger charge is -1.93. The number of nitrogens with one attached hydrogen (secondary N) is 2. The SMILES string of the molecule is NNC(=O)c1[nH]ccc1F. The van der Waals surface area contributed by atoms with Gasteiger partial charge in [-0.05, 0) is 6.07 Å². The van der Waals surface area contributed by atoms with Crippen molar-refractivity contribution in [1.29, 1.82) is 0 Å². The molecule has 5 heteroatoms. The van der Waals surface area contributed by atoms with Crippen LogP contribution < -0.4 is 11.3 Å². The summed E-state index contributed by atoms with van der Waals surface area (Å²) in [6.45, 7) is 0. The molecule has 0 aliphatic heterocycles. The molecule has 0 atom stereocenters. The van der Waals surface area contributed by atoms with Crippen molar-refractivity contribution in [2.45, 2.75) is 0 Å². The molecule has 54 valence electrons. The largest absolute Gasteiger partial charge is 0.355 e. The number of aromatic amines is 1. The predicted octanol–water partition coefficient (Wildman–Crippen LogP) is -0.243. The second-order valence-corrected chi connectivity index (χ2v) is 1.67. The molecule has 0 saturated carbocycles. The Labute approximate surface area is 56.2 Å². The normalized spacial score (nSPS) is 9.40. The Hall–Kier alpha value is -1.36. The lowest BCUT2D eigenvalue weighted by molar-refractivity contribution is 0.0945. The van der Waals surface area contributed by atoms with E-state index in [1.165, 1.54) is 6.20 Å². The summed E-state index contributed by atoms with van der Waals surface area (Å²) in [5, 5.41) is 0. The molecule has 1 aromatic heterocycles. The van der Waals surface area contributed by atoms with Crippen molar-refractivity contribution in [3.8, 4) is 0 Å². The number of carbonyl (C=O) groups is 1. The van der Waals surface area contributed by atoms with E-state index < -0.39 is 11.7 Å². The van der Waals surface area contributed by atoms with E-state index >= 15 is 0 Å². The van der Waals surface area contributed by atoms with Crippen LogP contribution in [0.4, 0.5) is 4.39 Å². The van der Waals surface area contributed by atoms with Gasteiger partial charge in [-0.15, -0.1) is 0 Å². The van der Waals surface area contributed by atoms with Gasteiger partial charge in [0.2, 0.25) is 0 Å². The van der Waals surface area contributed by atoms with Gasteiger partial charge in [-0.3, -0.25) is 10.2 Å². The second-order valence-electron chi connectivity index (χ2n) is 1.67. The van der Waals surface area contributed by atoms with Gasteiger partial charge in [-0.2, -0.15) is 0 Å². The first-order valence-corrected chi connectivity index (χ1v) is 2.59. The standard InChI is InChI=1S/C5H6FN3O/c6-3-1-2-8-4(3)5(10)9-7/h1-2,8H,7H2,(H,9,10). The van der Waals surface area contributed by atoms with Crippen LogP contribution in [-0.4, -0.2) is 10.9 Å². The number of aromatic nitrogens is 1. The van der Waals surface area contributed by atoms with Gasteiger partial charge in [-0.25, -0.2) is 10.2 Å². The maximum absolute atomic E-state index is 12.4. The van der Waals surface area contributed by atoms with Crippen LogP contribution in [-0.2, 0) is 0 Å². The van der Waals surface area contributed by atoms with Crippen LogP contribution >= 0.6 is 0 Å². The average molecular weight is 143 g/mol. The highest BCUT2D eigenvalue weighted by molar-refractivity contribution is 5.92. The molecule has 0 aromatic carbocycles. The first kappa shape index (κ1) is 6.76. The van der Waals surface area contributed by atoms with Gasteiger partial charge in [0.15, 0.2) is 5.82 Å². The third-order valence-electron chi connectivity index (χ3n) is 1.05. The van der Waals surface area contributed by atoms with Crippen LogP contribution in [0, 0.1) is 5.82 Å². The first-order valence-electron chi connectivity index (χ1n) is 2.59. The molecule has 0 aliphatic carbocycles. The molecule has 0 radical (unpaired) electrons. The summed E-state index contributed by atoms with van der Waals surface area (Å²) in [5.41, 5.74) is 1.65. The molecular weight excluding hydrogens is 137 g/mol. The molecule has 0 fully saturated rings. The van der Waals surface area contributed by atoms with E-state index in [4.69, 9.17) is 5.84 Å². The summed E-state index contributed by atoms with van der Waals surface area (Å²) >= 11 is 0. The number of amides is 1. The van der Waals surface area contributed by atoms with Crippen LogP contribution in [0.1, 0.15) is 10.5 Å². The minimum Gasteiger partial charge on any atom is -0.355 e. The van der Waals surface area contributed by atoms with Crippen LogP contribution in [0.5, 0.6) is 0 Å². The molecule has 4 N–H and O–H groups in total. The molecule has 0 saturated heterocycles. The first-order chi connectivity index (χ1) is 4.75. The number of nitrogens with two attached hydrogens (primary N) is 1. The fraction of sp³-hybridized carbons (Fsp3) is 0. The van der Waals surface area contributed by atoms with Crippen LogP contribution in [0.3, 0.4) is 0 Å². The maximum atomic E-state index is 12.4. The van der Waals surface area contributed by atoms with Crippen LogP contribution in [0.2, 0.25) is 0 Å². The van der Waals surface area contributed by atoms with E-state index in [9.17, 15) is 9.18 Å². The van der Waals surface area contributed by atoms with Crippen LogP contribution in [0.25, 0.3) is 0 Å². The Morgan fingerprint density at radius 3 is 2.90 bits per heavy atom. The zero-order valence-electron chi connectivity index (χ0n) is 5.02. The molecule has 10 heavy (non-hydrogen) atoms. The Balaban J connectivity index is 2.93. The van der Waals surface area contributed by atoms with E-state index in [0.717, 1.165) is 6.07 Å². The number of H-pyrrole nitrogens is 1. The quantitative estimate of drug-likeness (QED) is 0.288. The lowest BCUT2D eigenvalue weighted by Crippen LogP contribution is -2.30. The van der Waals surface area contributed by atoms with Crippen molar-refractivity contribution < 1.29 is 9.18 Å². The average Bonchev–Trinajstić information content (AvgIpc) is 2.34. The number of hydrogen-bond acceptors (Lipinski definition) is 2. The van der Waals surface area contributed by atoms with Crippen molar-refractivity contribution >= 4 is 5.91 Å². The molecule has 0 bridgehead atoms. The lowest BCUT2D eigenvalue weighted by atomic mass is 10.4. The van der Waals surface area contributed by atoms with Crippen molar-refractivity contribution in [3.05, 3.63) is 23.8 Å². The predicted molar refractivity (Wildman–Crippen MR) is 32.4 cm³/mol. The van der Waals surface area contributed by atoms with E-state index in [-0.39, 0.29) is 5.69 Å². The highest BCUT2D eigenvalue weighted by atomic mass is 19.1. The Bertz CT molecular complexity index is 245. The number of halogens is 1. The fourth-order valence-electron chi connectivity index (χ4n) is 0.597. The highest BCUT2D eigenvalue weighted by Crippen LogP contribution is 2.01. The maximum Gasteiger partial charge on any atom is 0.284 e. The number of hydrazine groups is 1. The van der Waals surface area contributed by atoms with Crippen LogP contribution in [0.15, 0.2) is 12.3 Å². The van der Waals surface area contributed by atoms with E-state index in [1.54, 1.807) is 5.43 Å². The monoisotopic (exact) mass is 143 g/mol. The summed E-state index contributed by atoms with van der Waals surface area (Å²) in [6.07, 6.45) is 1.32. The molecule has 1 aromatic rings. The van der Waals surface area contributed by atoms with Crippen molar-refractivity contribution in [1.82, 2.24) is 10.4 Å². The Morgan fingerprint density at radius 1 is 1.80 bits per heavy atom. The van der Waals surface area contributed by atoms with E-state index in [2.05, 4.69) is 4.98 Å². The number of rotatable bonds is 1. The number of hydrogen-bond donors (Lipinski definition) is 3. The summed E-state index contributed by atoms with van der Waals surface area (Å²) < 4.78 is 12.4. The van der Waals surface area contributed by atoms with Crippen molar-refractivity contribution in [2.75, 3.05) is 0 Å². The molecule has 1 rings (SSSR count). The third-order valence-corrected chi connectivity index (χ3v) is 1.05. The van der Waals surface area contributed by atoms with Crippen molar-refractivity contribution in [2.24, 2.45) is 5.84 Å². The molecule has 1 heterocycles. The number of carbonyl (C=O) groups excluding carboxylic acids is 1. The smallest absolute Gasteiger partial charge is 0.284 e. The van der Waals surface area contributed by atoms with E-state index in [0.29, 0.717) is 0 Å². The summed E-state index contributed by atoms with van der Waals surface area (Å²) in [4.78, 5) is 13.0. The second kappa shape index (κ2) is 2.49. The molecule has 0 unspecified atom stereocenters. The third kappa shape index (κ3) is 0.985. The fourth-order valence-corrected chi connectivity index (χ4v) is 0.597. The molecule has 0 aliphatic rings. The van der Waals surface area contributed by atoms with E-state index in [1.807, 2.05) is 0 Å². The van der Waals surface area contributed by atoms with Gasteiger partial charge in [-0.1, -0.05) is 0 Å². The number of nitrogen functional groups attached to an aromatic ring is 1. The highest BCUT2D eigenvalue weighted by Gasteiger charge is 2.09. The minimum atomic E-state index is -0.664. The molecule has 1 amide bonds. The summed E-state index contributed by atoms with van der Waals surface area (Å²) in [5.74, 6) is 3.47. The van der Waals surface area contributed by atoms with Gasteiger partial charge in [0.25, 0.3) is 5.91 Å². The van der Waals surface area contributed by atoms with Gasteiger partial charge < -0.3 is 4.98 Å². The summed E-state index contributed by atoms with van der Waals surface area (Å²) in [6, 6.07) is 1.14. The molecule has 4 nitrogen and oxygen atoms in total. The molecule has 0 spiro atoms. The Morgan fingerprint density at radius 2 is 2.50 bits per heavy atom. The van der Waals surface area contributed by atoms with Gasteiger partial charge in [0.05, 0.1) is 0 Å².